The van der Waals surface area contributed by atoms with Gasteiger partial charge >= 0.3 is 7.60 Å². The van der Waals surface area contributed by atoms with Gasteiger partial charge in [0.1, 0.15) is 5.90 Å². The van der Waals surface area contributed by atoms with E-state index >= 15 is 0 Å². The number of nitrogens with zero attached hydrogens (tertiary/aromatic N) is 1. The lowest BCUT2D eigenvalue weighted by molar-refractivity contribution is -0.384. The molecule has 0 fully saturated rings. The van der Waals surface area contributed by atoms with Gasteiger partial charge in [0.15, 0.2) is 0 Å². The van der Waals surface area contributed by atoms with E-state index in [9.17, 15) is 24.1 Å². The van der Waals surface area contributed by atoms with Crippen LogP contribution in [0.3, 0.4) is 0 Å². The van der Waals surface area contributed by atoms with Crippen LogP contribution in [0.15, 0.2) is 24.3 Å². The van der Waals surface area contributed by atoms with Crippen molar-refractivity contribution in [3.63, 3.8) is 0 Å². The summed E-state index contributed by atoms with van der Waals surface area (Å²) in [7, 11) is -8.98. The second kappa shape index (κ2) is 4.68. The average molecular weight is 281 g/mol. The molecule has 0 saturated heterocycles. The number of nitro benzene ring substituents is 1. The predicted molar refractivity (Wildman–Crippen MR) is 59.5 cm³/mol. The fourth-order valence-electron chi connectivity index (χ4n) is 1.16. The summed E-state index contributed by atoms with van der Waals surface area (Å²) in [6.07, 6.45) is 0. The lowest BCUT2D eigenvalue weighted by Gasteiger charge is -2.12. The summed E-state index contributed by atoms with van der Waals surface area (Å²) in [5.41, 5.74) is -0.414. The summed E-state index contributed by atoms with van der Waals surface area (Å²) in [5, 5.41) is 10.1. The van der Waals surface area contributed by atoms with Gasteiger partial charge in [0.25, 0.3) is 5.69 Å². The minimum absolute atomic E-state index is 0.352. The number of benzene rings is 1. The first-order valence-corrected chi connectivity index (χ1v) is 7.87. The van der Waals surface area contributed by atoms with Crippen molar-refractivity contribution < 1.29 is 28.7 Å². The average Bonchev–Trinajstić information content (AvgIpc) is 2.14. The van der Waals surface area contributed by atoms with Gasteiger partial charge in [0.05, 0.1) is 4.92 Å². The van der Waals surface area contributed by atoms with E-state index in [0.29, 0.717) is 0 Å². The Labute approximate surface area is 95.7 Å². The second-order valence-corrected chi connectivity index (χ2v) is 7.66. The van der Waals surface area contributed by atoms with E-state index in [0.717, 1.165) is 18.2 Å². The van der Waals surface area contributed by atoms with Crippen LogP contribution in [0, 0.1) is 10.1 Å². The molecule has 1 unspecified atom stereocenters. The third kappa shape index (κ3) is 4.03. The molecule has 0 aliphatic rings. The minimum atomic E-state index is -4.67. The molecule has 1 aromatic carbocycles. The fourth-order valence-corrected chi connectivity index (χ4v) is 4.46. The van der Waals surface area contributed by atoms with Gasteiger partial charge < -0.3 is 14.7 Å². The second-order valence-electron chi connectivity index (χ2n) is 3.28. The molecular weight excluding hydrogens is 272 g/mol. The van der Waals surface area contributed by atoms with Crippen molar-refractivity contribution in [2.24, 2.45) is 0 Å². The first-order valence-electron chi connectivity index (χ1n) is 4.23. The molecule has 17 heavy (non-hydrogen) atoms. The van der Waals surface area contributed by atoms with Crippen molar-refractivity contribution in [1.82, 2.24) is 0 Å². The molecule has 0 amide bonds. The molecule has 8 nitrogen and oxygen atoms in total. The first-order chi connectivity index (χ1) is 7.62. The molecule has 0 aliphatic carbocycles. The normalized spacial score (nSPS) is 15.2. The van der Waals surface area contributed by atoms with E-state index in [-0.39, 0.29) is 5.30 Å². The van der Waals surface area contributed by atoms with E-state index in [1.165, 1.54) is 6.07 Å². The molecule has 3 N–H and O–H groups in total. The molecule has 0 aromatic heterocycles. The smallest absolute Gasteiger partial charge is 0.335 e. The van der Waals surface area contributed by atoms with Crippen molar-refractivity contribution in [3.8, 4) is 0 Å². The van der Waals surface area contributed by atoms with E-state index in [1.54, 1.807) is 0 Å². The van der Waals surface area contributed by atoms with Gasteiger partial charge in [-0.2, -0.15) is 0 Å². The van der Waals surface area contributed by atoms with Crippen LogP contribution in [0.5, 0.6) is 0 Å². The van der Waals surface area contributed by atoms with Crippen LogP contribution in [-0.4, -0.2) is 25.5 Å². The molecule has 0 saturated carbocycles. The molecule has 0 bridgehead atoms. The lowest BCUT2D eigenvalue weighted by Crippen LogP contribution is -2.08. The largest absolute Gasteiger partial charge is 0.341 e. The van der Waals surface area contributed by atoms with Crippen molar-refractivity contribution >= 4 is 26.0 Å². The number of hydrogen-bond acceptors (Lipinski definition) is 4. The standard InChI is InChI=1S/C7H9NO7P2/c9-8(10)6-2-1-3-7(4-6)16(11,12)5-17(13,14)15/h1-4H,5H2,(H,11,12)(H2,13,14,15). The van der Waals surface area contributed by atoms with Crippen LogP contribution in [0.1, 0.15) is 0 Å². The van der Waals surface area contributed by atoms with E-state index < -0.39 is 31.5 Å². The van der Waals surface area contributed by atoms with Crippen molar-refractivity contribution in [3.05, 3.63) is 34.4 Å². The van der Waals surface area contributed by atoms with Gasteiger partial charge in [-0.1, -0.05) is 6.07 Å². The zero-order valence-corrected chi connectivity index (χ0v) is 10.1. The highest BCUT2D eigenvalue weighted by Gasteiger charge is 2.32. The number of rotatable bonds is 4. The van der Waals surface area contributed by atoms with E-state index in [1.807, 2.05) is 0 Å². The lowest BCUT2D eigenvalue weighted by atomic mass is 10.3. The van der Waals surface area contributed by atoms with Crippen molar-refractivity contribution in [2.75, 3.05) is 5.90 Å². The summed E-state index contributed by atoms with van der Waals surface area (Å²) in [5.74, 6) is -1.23. The molecule has 0 aliphatic heterocycles. The Hall–Kier alpha value is -1.04. The Kier molecular flexibility index (Phi) is 3.86. The zero-order valence-electron chi connectivity index (χ0n) is 8.33. The summed E-state index contributed by atoms with van der Waals surface area (Å²) < 4.78 is 22.3. The van der Waals surface area contributed by atoms with Gasteiger partial charge in [-0.05, 0) is 6.07 Å². The third-order valence-corrected chi connectivity index (χ3v) is 5.91. The third-order valence-electron chi connectivity index (χ3n) is 1.82. The van der Waals surface area contributed by atoms with Gasteiger partial charge in [0, 0.05) is 17.4 Å². The zero-order chi connectivity index (χ0) is 13.3. The van der Waals surface area contributed by atoms with Gasteiger partial charge in [-0.25, -0.2) is 0 Å². The van der Waals surface area contributed by atoms with E-state index in [2.05, 4.69) is 0 Å². The maximum absolute atomic E-state index is 11.6. The Balaban J connectivity index is 3.15. The maximum Gasteiger partial charge on any atom is 0.335 e. The van der Waals surface area contributed by atoms with Crippen LogP contribution in [0.2, 0.25) is 0 Å². The van der Waals surface area contributed by atoms with Gasteiger partial charge in [-0.3, -0.25) is 19.2 Å². The monoisotopic (exact) mass is 281 g/mol. The minimum Gasteiger partial charge on any atom is -0.341 e. The van der Waals surface area contributed by atoms with Crippen LogP contribution in [0.25, 0.3) is 0 Å². The van der Waals surface area contributed by atoms with Crippen LogP contribution in [-0.2, 0) is 9.13 Å². The highest BCUT2D eigenvalue weighted by atomic mass is 31.2. The molecular formula is C7H9NO7P2. The van der Waals surface area contributed by atoms with Crippen LogP contribution < -0.4 is 5.30 Å². The summed E-state index contributed by atoms with van der Waals surface area (Å²) in [6, 6.07) is 4.23. The molecule has 1 aromatic rings. The number of nitro groups is 1. The molecule has 0 radical (unpaired) electrons. The first kappa shape index (κ1) is 14.0. The number of non-ortho nitro benzene ring substituents is 1. The summed E-state index contributed by atoms with van der Waals surface area (Å²) >= 11 is 0. The van der Waals surface area contributed by atoms with E-state index in [4.69, 9.17) is 9.79 Å². The SMILES string of the molecule is O=[N+]([O-])c1cccc(P(=O)(O)CP(=O)(O)O)c1. The quantitative estimate of drug-likeness (QED) is 0.417. The Morgan fingerprint density at radius 3 is 2.29 bits per heavy atom. The molecule has 0 spiro atoms. The maximum atomic E-state index is 11.6. The topological polar surface area (TPSA) is 138 Å². The Morgan fingerprint density at radius 1 is 1.24 bits per heavy atom. The highest BCUT2D eigenvalue weighted by molar-refractivity contribution is 7.77. The highest BCUT2D eigenvalue weighted by Crippen LogP contribution is 2.53. The molecule has 0 heterocycles. The van der Waals surface area contributed by atoms with Crippen molar-refractivity contribution in [1.29, 1.82) is 0 Å². The molecule has 1 rings (SSSR count). The Morgan fingerprint density at radius 2 is 1.82 bits per heavy atom. The summed E-state index contributed by atoms with van der Waals surface area (Å²) in [4.78, 5) is 36.4. The Bertz CT molecular complexity index is 537. The fraction of sp³-hybridized carbons (Fsp3) is 0.143. The molecule has 1 atom stereocenters. The van der Waals surface area contributed by atoms with Crippen LogP contribution in [0.4, 0.5) is 5.69 Å². The van der Waals surface area contributed by atoms with Crippen LogP contribution >= 0.6 is 15.0 Å². The number of hydrogen-bond donors (Lipinski definition) is 3. The molecule has 10 heteroatoms. The van der Waals surface area contributed by atoms with Crippen molar-refractivity contribution in [2.45, 2.75) is 0 Å². The van der Waals surface area contributed by atoms with Gasteiger partial charge in [0.2, 0.25) is 7.37 Å². The summed E-state index contributed by atoms with van der Waals surface area (Å²) in [6.45, 7) is 0. The van der Waals surface area contributed by atoms with Gasteiger partial charge in [-0.15, -0.1) is 0 Å². The molecule has 94 valence electrons. The predicted octanol–water partition coefficient (Wildman–Crippen LogP) is 0.626.